The summed E-state index contributed by atoms with van der Waals surface area (Å²) in [4.78, 5) is 0. The van der Waals surface area contributed by atoms with Crippen LogP contribution in [0.15, 0.2) is 18.2 Å². The van der Waals surface area contributed by atoms with E-state index in [1.54, 1.807) is 7.11 Å². The van der Waals surface area contributed by atoms with Crippen LogP contribution in [0.2, 0.25) is 0 Å². The first kappa shape index (κ1) is 11.1. The second-order valence-corrected chi connectivity index (χ2v) is 5.51. The van der Waals surface area contributed by atoms with E-state index in [1.807, 2.05) is 0 Å². The van der Waals surface area contributed by atoms with Gasteiger partial charge in [-0.3, -0.25) is 0 Å². The van der Waals surface area contributed by atoms with Crippen LogP contribution < -0.4 is 10.1 Å². The van der Waals surface area contributed by atoms with Crippen molar-refractivity contribution in [1.82, 2.24) is 5.32 Å². The molecule has 1 N–H and O–H groups in total. The maximum absolute atomic E-state index is 5.34. The normalized spacial score (nSPS) is 22.2. The lowest BCUT2D eigenvalue weighted by molar-refractivity contribution is 0.215. The third-order valence-corrected chi connectivity index (χ3v) is 4.41. The summed E-state index contributed by atoms with van der Waals surface area (Å²) in [5.74, 6) is 0.997. The van der Waals surface area contributed by atoms with Gasteiger partial charge in [0.05, 0.1) is 7.11 Å². The Bertz CT molecular complexity index is 407. The topological polar surface area (TPSA) is 21.3 Å². The molecule has 0 aromatic heterocycles. The average molecular weight is 231 g/mol. The molecular formula is C15H21NO. The monoisotopic (exact) mass is 231 g/mol. The molecule has 1 heterocycles. The van der Waals surface area contributed by atoms with E-state index in [9.17, 15) is 0 Å². The number of methoxy groups -OCH3 is 1. The van der Waals surface area contributed by atoms with Crippen molar-refractivity contribution in [1.29, 1.82) is 0 Å². The zero-order chi connectivity index (χ0) is 11.7. The van der Waals surface area contributed by atoms with E-state index in [-0.39, 0.29) is 0 Å². The molecule has 1 aromatic rings. The highest BCUT2D eigenvalue weighted by Crippen LogP contribution is 2.36. The molecule has 0 radical (unpaired) electrons. The maximum Gasteiger partial charge on any atom is 0.119 e. The Balaban J connectivity index is 1.87. The molecule has 92 valence electrons. The summed E-state index contributed by atoms with van der Waals surface area (Å²) in [5.41, 5.74) is 3.32. The Hall–Kier alpha value is -1.02. The van der Waals surface area contributed by atoms with Gasteiger partial charge in [-0.25, -0.2) is 0 Å². The Labute approximate surface area is 103 Å². The highest BCUT2D eigenvalue weighted by atomic mass is 16.5. The van der Waals surface area contributed by atoms with E-state index in [2.05, 4.69) is 23.5 Å². The summed E-state index contributed by atoms with van der Waals surface area (Å²) in [6, 6.07) is 6.50. The zero-order valence-electron chi connectivity index (χ0n) is 10.6. The van der Waals surface area contributed by atoms with Crippen molar-refractivity contribution in [3.63, 3.8) is 0 Å². The Morgan fingerprint density at radius 3 is 2.71 bits per heavy atom. The van der Waals surface area contributed by atoms with Crippen molar-refractivity contribution in [3.8, 4) is 5.75 Å². The van der Waals surface area contributed by atoms with Gasteiger partial charge in [-0.2, -0.15) is 0 Å². The van der Waals surface area contributed by atoms with Gasteiger partial charge in [0.2, 0.25) is 0 Å². The Kier molecular flexibility index (Phi) is 2.83. The van der Waals surface area contributed by atoms with Gasteiger partial charge in [-0.05, 0) is 42.5 Å². The lowest BCUT2D eigenvalue weighted by atomic mass is 9.74. The van der Waals surface area contributed by atoms with Crippen molar-refractivity contribution in [2.75, 3.05) is 7.11 Å². The fourth-order valence-electron chi connectivity index (χ4n) is 3.36. The van der Waals surface area contributed by atoms with Crippen molar-refractivity contribution in [2.45, 2.75) is 50.6 Å². The summed E-state index contributed by atoms with van der Waals surface area (Å²) in [6.07, 6.45) is 8.03. The molecule has 1 aliphatic heterocycles. The molecule has 1 fully saturated rings. The summed E-state index contributed by atoms with van der Waals surface area (Å²) in [7, 11) is 1.75. The lowest BCUT2D eigenvalue weighted by Crippen LogP contribution is -2.50. The summed E-state index contributed by atoms with van der Waals surface area (Å²) in [5, 5.41) is 3.79. The number of rotatable bonds is 1. The number of hydrogen-bond acceptors (Lipinski definition) is 2. The predicted octanol–water partition coefficient (Wildman–Crippen LogP) is 3.04. The van der Waals surface area contributed by atoms with Crippen LogP contribution in [-0.4, -0.2) is 12.6 Å². The predicted molar refractivity (Wildman–Crippen MR) is 69.4 cm³/mol. The van der Waals surface area contributed by atoms with Crippen molar-refractivity contribution in [3.05, 3.63) is 29.3 Å². The van der Waals surface area contributed by atoms with Crippen LogP contribution in [0, 0.1) is 0 Å². The number of benzene rings is 1. The van der Waals surface area contributed by atoms with E-state index < -0.39 is 0 Å². The van der Waals surface area contributed by atoms with Crippen LogP contribution in [0.3, 0.4) is 0 Å². The Morgan fingerprint density at radius 2 is 1.94 bits per heavy atom. The van der Waals surface area contributed by atoms with Gasteiger partial charge in [0, 0.05) is 12.1 Å². The second-order valence-electron chi connectivity index (χ2n) is 5.51. The first-order valence-electron chi connectivity index (χ1n) is 6.72. The van der Waals surface area contributed by atoms with Crippen molar-refractivity contribution in [2.24, 2.45) is 0 Å². The average Bonchev–Trinajstić information content (AvgIpc) is 2.39. The molecule has 1 spiro atoms. The van der Waals surface area contributed by atoms with Crippen LogP contribution in [0.4, 0.5) is 0 Å². The minimum absolute atomic E-state index is 0.387. The van der Waals surface area contributed by atoms with Gasteiger partial charge in [0.15, 0.2) is 0 Å². The van der Waals surface area contributed by atoms with Gasteiger partial charge < -0.3 is 10.1 Å². The third-order valence-electron chi connectivity index (χ3n) is 4.41. The lowest BCUT2D eigenvalue weighted by Gasteiger charge is -2.42. The van der Waals surface area contributed by atoms with Crippen LogP contribution in [-0.2, 0) is 13.0 Å². The molecule has 1 aromatic carbocycles. The van der Waals surface area contributed by atoms with Gasteiger partial charge in [-0.15, -0.1) is 0 Å². The SMILES string of the molecule is COc1ccc2c(c1)CC1(CCCCC1)NC2. The first-order valence-corrected chi connectivity index (χ1v) is 6.72. The zero-order valence-corrected chi connectivity index (χ0v) is 10.6. The van der Waals surface area contributed by atoms with Gasteiger partial charge >= 0.3 is 0 Å². The fraction of sp³-hybridized carbons (Fsp3) is 0.600. The molecule has 0 amide bonds. The molecule has 0 saturated heterocycles. The molecule has 2 nitrogen and oxygen atoms in total. The largest absolute Gasteiger partial charge is 0.497 e. The molecule has 1 saturated carbocycles. The third kappa shape index (κ3) is 2.06. The van der Waals surface area contributed by atoms with Crippen LogP contribution in [0.25, 0.3) is 0 Å². The fourth-order valence-corrected chi connectivity index (χ4v) is 3.36. The number of nitrogens with one attached hydrogen (secondary N) is 1. The quantitative estimate of drug-likeness (QED) is 0.802. The highest BCUT2D eigenvalue weighted by molar-refractivity contribution is 5.38. The molecule has 2 heteroatoms. The number of ether oxygens (including phenoxy) is 1. The minimum atomic E-state index is 0.387. The molecule has 1 aliphatic carbocycles. The number of hydrogen-bond donors (Lipinski definition) is 1. The van der Waals surface area contributed by atoms with Gasteiger partial charge in [-0.1, -0.05) is 25.3 Å². The summed E-state index contributed by atoms with van der Waals surface area (Å²) >= 11 is 0. The van der Waals surface area contributed by atoms with E-state index in [4.69, 9.17) is 4.74 Å². The standard InChI is InChI=1S/C15H21NO/c1-17-14-6-5-12-11-16-15(10-13(12)9-14)7-3-2-4-8-15/h5-6,9,16H,2-4,7-8,10-11H2,1H3. The highest BCUT2D eigenvalue weighted by Gasteiger charge is 2.35. The first-order chi connectivity index (χ1) is 8.31. The molecular weight excluding hydrogens is 210 g/mol. The molecule has 2 aliphatic rings. The van der Waals surface area contributed by atoms with Crippen LogP contribution in [0.5, 0.6) is 5.75 Å². The molecule has 0 atom stereocenters. The number of fused-ring (bicyclic) bond motifs is 1. The molecule has 0 unspecified atom stereocenters. The van der Waals surface area contributed by atoms with Crippen LogP contribution >= 0.6 is 0 Å². The Morgan fingerprint density at radius 1 is 1.12 bits per heavy atom. The van der Waals surface area contributed by atoms with Crippen molar-refractivity contribution < 1.29 is 4.74 Å². The second kappa shape index (κ2) is 4.34. The van der Waals surface area contributed by atoms with Gasteiger partial charge in [0.25, 0.3) is 0 Å². The summed E-state index contributed by atoms with van der Waals surface area (Å²) in [6.45, 7) is 1.03. The maximum atomic E-state index is 5.34. The molecule has 0 bridgehead atoms. The van der Waals surface area contributed by atoms with E-state index >= 15 is 0 Å². The van der Waals surface area contributed by atoms with Gasteiger partial charge in [0.1, 0.15) is 5.75 Å². The summed E-state index contributed by atoms with van der Waals surface area (Å²) < 4.78 is 5.34. The van der Waals surface area contributed by atoms with E-state index in [1.165, 1.54) is 49.7 Å². The smallest absolute Gasteiger partial charge is 0.119 e. The van der Waals surface area contributed by atoms with E-state index in [0.29, 0.717) is 5.54 Å². The molecule has 17 heavy (non-hydrogen) atoms. The van der Waals surface area contributed by atoms with E-state index in [0.717, 1.165) is 12.3 Å². The molecule has 3 rings (SSSR count). The van der Waals surface area contributed by atoms with Crippen LogP contribution in [0.1, 0.15) is 43.2 Å². The van der Waals surface area contributed by atoms with Crippen molar-refractivity contribution >= 4 is 0 Å². The minimum Gasteiger partial charge on any atom is -0.497 e.